The number of nitrogens with two attached hydrogens (primary N) is 1. The number of carbonyl (C=O) groups is 1. The van der Waals surface area contributed by atoms with Crippen LogP contribution in [0.15, 0.2) is 79.8 Å². The lowest BCUT2D eigenvalue weighted by Gasteiger charge is -2.34. The SMILES string of the molecule is C=CO.CCN1CCN(Cc2ccc(C(=O)Nc3cc(C#Cc4cnc(N)c5ccccc45)ccn3)cc2C(F)(F)F)CC1. The highest BCUT2D eigenvalue weighted by Gasteiger charge is 2.34. The molecule has 1 aliphatic heterocycles. The monoisotopic (exact) mass is 602 g/mol. The summed E-state index contributed by atoms with van der Waals surface area (Å²) in [5, 5.41) is 11.6. The van der Waals surface area contributed by atoms with Crippen molar-refractivity contribution in [1.82, 2.24) is 19.8 Å². The summed E-state index contributed by atoms with van der Waals surface area (Å²) < 4.78 is 42.0. The third-order valence-corrected chi connectivity index (χ3v) is 7.15. The van der Waals surface area contributed by atoms with Crippen molar-refractivity contribution < 1.29 is 23.1 Å². The number of aromatic nitrogens is 2. The van der Waals surface area contributed by atoms with Crippen molar-refractivity contribution in [2.45, 2.75) is 19.6 Å². The van der Waals surface area contributed by atoms with Crippen LogP contribution in [0.3, 0.4) is 0 Å². The number of halogens is 3. The molecule has 228 valence electrons. The van der Waals surface area contributed by atoms with E-state index in [0.29, 0.717) is 30.0 Å². The lowest BCUT2D eigenvalue weighted by molar-refractivity contribution is -0.138. The van der Waals surface area contributed by atoms with Gasteiger partial charge in [-0.2, -0.15) is 13.2 Å². The molecule has 1 aliphatic rings. The maximum Gasteiger partial charge on any atom is 0.416 e. The van der Waals surface area contributed by atoms with Crippen LogP contribution in [-0.2, 0) is 12.7 Å². The van der Waals surface area contributed by atoms with Gasteiger partial charge in [0.2, 0.25) is 0 Å². The summed E-state index contributed by atoms with van der Waals surface area (Å²) in [6.07, 6.45) is -0.769. The first kappa shape index (κ1) is 32.0. The van der Waals surface area contributed by atoms with E-state index in [9.17, 15) is 18.0 Å². The number of nitrogens with zero attached hydrogens (tertiary/aromatic N) is 4. The van der Waals surface area contributed by atoms with E-state index >= 15 is 0 Å². The van der Waals surface area contributed by atoms with Gasteiger partial charge in [0.25, 0.3) is 5.91 Å². The summed E-state index contributed by atoms with van der Waals surface area (Å²) >= 11 is 0. The highest BCUT2D eigenvalue weighted by atomic mass is 19.4. The van der Waals surface area contributed by atoms with E-state index in [1.807, 2.05) is 29.2 Å². The van der Waals surface area contributed by atoms with Gasteiger partial charge in [0, 0.05) is 67.0 Å². The molecule has 5 rings (SSSR count). The number of aliphatic hydroxyl groups excluding tert-OH is 1. The van der Waals surface area contributed by atoms with Gasteiger partial charge in [0.1, 0.15) is 11.6 Å². The van der Waals surface area contributed by atoms with Gasteiger partial charge in [-0.05, 0) is 36.4 Å². The van der Waals surface area contributed by atoms with Crippen LogP contribution < -0.4 is 11.1 Å². The van der Waals surface area contributed by atoms with Crippen LogP contribution in [0.5, 0.6) is 0 Å². The predicted molar refractivity (Wildman–Crippen MR) is 166 cm³/mol. The number of alkyl halides is 3. The molecule has 11 heteroatoms. The molecule has 2 aromatic carbocycles. The number of hydrogen-bond acceptors (Lipinski definition) is 7. The molecule has 0 spiro atoms. The number of amides is 1. The van der Waals surface area contributed by atoms with E-state index in [-0.39, 0.29) is 23.5 Å². The average Bonchev–Trinajstić information content (AvgIpc) is 3.01. The molecule has 2 aromatic heterocycles. The molecule has 0 radical (unpaired) electrons. The summed E-state index contributed by atoms with van der Waals surface area (Å²) in [7, 11) is 0. The Bertz CT molecular complexity index is 1690. The van der Waals surface area contributed by atoms with E-state index < -0.39 is 17.6 Å². The zero-order valence-corrected chi connectivity index (χ0v) is 24.2. The van der Waals surface area contributed by atoms with Crippen molar-refractivity contribution in [1.29, 1.82) is 0 Å². The van der Waals surface area contributed by atoms with Crippen molar-refractivity contribution in [2.24, 2.45) is 0 Å². The number of carbonyl (C=O) groups excluding carboxylic acids is 1. The number of rotatable bonds is 5. The Balaban J connectivity index is 0.00000141. The van der Waals surface area contributed by atoms with Crippen molar-refractivity contribution in [3.63, 3.8) is 0 Å². The predicted octanol–water partition coefficient (Wildman–Crippen LogP) is 5.71. The smallest absolute Gasteiger partial charge is 0.416 e. The van der Waals surface area contributed by atoms with Crippen LogP contribution >= 0.6 is 0 Å². The van der Waals surface area contributed by atoms with Gasteiger partial charge in [-0.15, -0.1) is 0 Å². The van der Waals surface area contributed by atoms with Gasteiger partial charge in [-0.25, -0.2) is 9.97 Å². The fourth-order valence-corrected chi connectivity index (χ4v) is 4.84. The van der Waals surface area contributed by atoms with E-state index in [0.717, 1.165) is 42.7 Å². The minimum absolute atomic E-state index is 0.102. The molecule has 4 aromatic rings. The lowest BCUT2D eigenvalue weighted by Crippen LogP contribution is -2.45. The number of aliphatic hydroxyl groups is 1. The number of piperazine rings is 1. The standard InChI is InChI=1S/C31H29F3N6O.C2H4O/c1-2-39-13-15-40(16-14-39)20-24-10-9-22(18-27(24)31(32,33)34)30(41)38-28-17-21(11-12-36-28)7-8-23-19-37-29(35)26-6-4-3-5-25(23)26;1-2-3/h3-6,9-12,17-19H,2,13-16,20H2,1H3,(H2,35,37)(H,36,38,41);2-3H,1H2. The van der Waals surface area contributed by atoms with Crippen molar-refractivity contribution >= 4 is 28.3 Å². The Kier molecular flexibility index (Phi) is 10.6. The molecule has 44 heavy (non-hydrogen) atoms. The minimum atomic E-state index is -4.59. The van der Waals surface area contributed by atoms with Crippen molar-refractivity contribution in [3.8, 4) is 11.8 Å². The Morgan fingerprint density at radius 3 is 2.41 bits per heavy atom. The molecule has 8 nitrogen and oxygen atoms in total. The third kappa shape index (κ3) is 8.12. The molecule has 1 amide bonds. The van der Waals surface area contributed by atoms with Crippen LogP contribution in [0.1, 0.15) is 39.5 Å². The second-order valence-electron chi connectivity index (χ2n) is 10.00. The van der Waals surface area contributed by atoms with E-state index in [2.05, 4.69) is 45.5 Å². The van der Waals surface area contributed by atoms with Gasteiger partial charge < -0.3 is 21.1 Å². The second-order valence-corrected chi connectivity index (χ2v) is 10.00. The third-order valence-electron chi connectivity index (χ3n) is 7.15. The lowest BCUT2D eigenvalue weighted by atomic mass is 10.0. The fraction of sp³-hybridized carbons (Fsp3) is 0.242. The topological polar surface area (TPSA) is 108 Å². The van der Waals surface area contributed by atoms with E-state index in [1.165, 1.54) is 18.3 Å². The van der Waals surface area contributed by atoms with E-state index in [1.54, 1.807) is 18.3 Å². The quantitative estimate of drug-likeness (QED) is 0.199. The van der Waals surface area contributed by atoms with Gasteiger partial charge >= 0.3 is 6.18 Å². The number of pyridine rings is 2. The van der Waals surface area contributed by atoms with E-state index in [4.69, 9.17) is 10.8 Å². The summed E-state index contributed by atoms with van der Waals surface area (Å²) in [6, 6.07) is 14.5. The summed E-state index contributed by atoms with van der Waals surface area (Å²) in [5.74, 6) is 6.00. The van der Waals surface area contributed by atoms with Gasteiger partial charge in [-0.1, -0.05) is 55.7 Å². The molecule has 0 aliphatic carbocycles. The maximum atomic E-state index is 14.0. The van der Waals surface area contributed by atoms with Crippen LogP contribution in [-0.4, -0.2) is 63.5 Å². The Morgan fingerprint density at radius 2 is 1.73 bits per heavy atom. The molecule has 4 N–H and O–H groups in total. The van der Waals surface area contributed by atoms with Gasteiger partial charge in [0.15, 0.2) is 0 Å². The number of nitrogen functional groups attached to an aromatic ring is 1. The molecular formula is C33H33F3N6O2. The zero-order valence-electron chi connectivity index (χ0n) is 24.2. The Labute approximate surface area is 254 Å². The van der Waals surface area contributed by atoms with Gasteiger partial charge in [0.05, 0.1) is 17.4 Å². The molecule has 0 atom stereocenters. The summed E-state index contributed by atoms with van der Waals surface area (Å²) in [4.78, 5) is 25.6. The molecule has 3 heterocycles. The number of fused-ring (bicyclic) bond motifs is 1. The average molecular weight is 603 g/mol. The number of hydrogen-bond donors (Lipinski definition) is 3. The fourth-order valence-electron chi connectivity index (χ4n) is 4.84. The normalized spacial score (nSPS) is 13.7. The Morgan fingerprint density at radius 1 is 1.05 bits per heavy atom. The highest BCUT2D eigenvalue weighted by Crippen LogP contribution is 2.34. The van der Waals surface area contributed by atoms with Crippen LogP contribution in [0, 0.1) is 11.8 Å². The van der Waals surface area contributed by atoms with Crippen LogP contribution in [0.4, 0.5) is 24.8 Å². The molecule has 1 fully saturated rings. The minimum Gasteiger partial charge on any atom is -0.516 e. The van der Waals surface area contributed by atoms with Crippen molar-refractivity contribution in [2.75, 3.05) is 43.8 Å². The first-order chi connectivity index (χ1) is 21.1. The highest BCUT2D eigenvalue weighted by molar-refractivity contribution is 6.04. The first-order valence-electron chi connectivity index (χ1n) is 14.0. The van der Waals surface area contributed by atoms with Crippen molar-refractivity contribution in [3.05, 3.63) is 108 Å². The zero-order chi connectivity index (χ0) is 31.7. The van der Waals surface area contributed by atoms with Crippen LogP contribution in [0.2, 0.25) is 0 Å². The number of likely N-dealkylation sites (N-methyl/N-ethyl adjacent to an activating group) is 1. The van der Waals surface area contributed by atoms with Gasteiger partial charge in [-0.3, -0.25) is 9.69 Å². The van der Waals surface area contributed by atoms with Crippen LogP contribution in [0.25, 0.3) is 10.8 Å². The maximum absolute atomic E-state index is 14.0. The molecule has 0 saturated carbocycles. The number of nitrogens with one attached hydrogen (secondary N) is 1. The largest absolute Gasteiger partial charge is 0.516 e. The first-order valence-corrected chi connectivity index (χ1v) is 14.0. The molecule has 0 bridgehead atoms. The summed E-state index contributed by atoms with van der Waals surface area (Å²) in [6.45, 7) is 9.13. The summed E-state index contributed by atoms with van der Waals surface area (Å²) in [5.41, 5.74) is 6.45. The molecule has 0 unspecified atom stereocenters. The second kappa shape index (κ2) is 14.5. The molecular weight excluding hydrogens is 569 g/mol. The number of anilines is 2. The Hall–Kier alpha value is -4.92. The molecule has 1 saturated heterocycles. The number of benzene rings is 2.